The van der Waals surface area contributed by atoms with Crippen LogP contribution >= 0.6 is 11.8 Å². The second kappa shape index (κ2) is 7.48. The van der Waals surface area contributed by atoms with Crippen molar-refractivity contribution >= 4 is 11.8 Å². The zero-order valence-corrected chi connectivity index (χ0v) is 12.9. The minimum atomic E-state index is 0.0863. The molecule has 2 aromatic carbocycles. The van der Waals surface area contributed by atoms with Crippen LogP contribution in [-0.4, -0.2) is 30.6 Å². The fraction of sp³-hybridized carbons (Fsp3) is 0.294. The highest BCUT2D eigenvalue weighted by molar-refractivity contribution is 7.99. The summed E-state index contributed by atoms with van der Waals surface area (Å²) in [6.07, 6.45) is 1.04. The number of aliphatic hydroxyl groups is 1. The van der Waals surface area contributed by atoms with Gasteiger partial charge in [0.15, 0.2) is 0 Å². The van der Waals surface area contributed by atoms with Crippen molar-refractivity contribution in [2.75, 3.05) is 20.6 Å². The van der Waals surface area contributed by atoms with Gasteiger partial charge in [0.2, 0.25) is 0 Å². The van der Waals surface area contributed by atoms with Gasteiger partial charge in [0.05, 0.1) is 6.61 Å². The molecule has 1 N–H and O–H groups in total. The molecule has 0 radical (unpaired) electrons. The lowest BCUT2D eigenvalue weighted by atomic mass is 10.1. The molecule has 0 saturated carbocycles. The number of benzene rings is 2. The first-order chi connectivity index (χ1) is 9.70. The molecule has 0 heterocycles. The fourth-order valence-electron chi connectivity index (χ4n) is 2.01. The molecular formula is C17H21NOS. The zero-order valence-electron chi connectivity index (χ0n) is 12.0. The Morgan fingerprint density at radius 2 is 1.45 bits per heavy atom. The number of aliphatic hydroxyl groups excluding tert-OH is 1. The van der Waals surface area contributed by atoms with Crippen LogP contribution in [0.1, 0.15) is 11.1 Å². The summed E-state index contributed by atoms with van der Waals surface area (Å²) in [5.41, 5.74) is 2.35. The van der Waals surface area contributed by atoms with Crippen molar-refractivity contribution in [1.82, 2.24) is 4.90 Å². The Morgan fingerprint density at radius 3 is 2.05 bits per heavy atom. The SMILES string of the molecule is CN(C)CCc1ccccc1Sc1ccccc1CO. The standard InChI is InChI=1S/C17H21NOS/c1-18(2)12-11-14-7-3-5-9-16(14)20-17-10-6-4-8-15(17)13-19/h3-10,19H,11-13H2,1-2H3. The largest absolute Gasteiger partial charge is 0.392 e. The second-order valence-corrected chi connectivity index (χ2v) is 6.11. The van der Waals surface area contributed by atoms with Crippen LogP contribution < -0.4 is 0 Å². The molecule has 0 spiro atoms. The number of likely N-dealkylation sites (N-methyl/N-ethyl adjacent to an activating group) is 1. The summed E-state index contributed by atoms with van der Waals surface area (Å²) in [4.78, 5) is 4.60. The molecule has 20 heavy (non-hydrogen) atoms. The fourth-order valence-corrected chi connectivity index (χ4v) is 3.10. The quantitative estimate of drug-likeness (QED) is 0.880. The third-order valence-corrected chi connectivity index (χ3v) is 4.40. The smallest absolute Gasteiger partial charge is 0.0692 e. The summed E-state index contributed by atoms with van der Waals surface area (Å²) in [6, 6.07) is 16.5. The molecule has 0 aliphatic rings. The molecule has 0 unspecified atom stereocenters. The van der Waals surface area contributed by atoms with Gasteiger partial charge in [0.1, 0.15) is 0 Å². The molecule has 0 aliphatic carbocycles. The van der Waals surface area contributed by atoms with Gasteiger partial charge in [0, 0.05) is 16.3 Å². The van der Waals surface area contributed by atoms with Crippen molar-refractivity contribution in [3.05, 3.63) is 59.7 Å². The summed E-state index contributed by atoms with van der Waals surface area (Å²) in [6.45, 7) is 1.13. The molecule has 0 atom stereocenters. The molecule has 106 valence electrons. The van der Waals surface area contributed by atoms with Gasteiger partial charge >= 0.3 is 0 Å². The van der Waals surface area contributed by atoms with Gasteiger partial charge in [-0.1, -0.05) is 48.2 Å². The van der Waals surface area contributed by atoms with E-state index >= 15 is 0 Å². The highest BCUT2D eigenvalue weighted by atomic mass is 32.2. The molecule has 3 heteroatoms. The molecule has 0 aliphatic heterocycles. The minimum absolute atomic E-state index is 0.0863. The normalized spacial score (nSPS) is 11.0. The third kappa shape index (κ3) is 4.10. The molecule has 0 fully saturated rings. The van der Waals surface area contributed by atoms with Crippen LogP contribution in [0.2, 0.25) is 0 Å². The molecule has 0 saturated heterocycles. The van der Waals surface area contributed by atoms with Crippen LogP contribution in [0.25, 0.3) is 0 Å². The first-order valence-electron chi connectivity index (χ1n) is 6.80. The van der Waals surface area contributed by atoms with Crippen molar-refractivity contribution in [3.63, 3.8) is 0 Å². The van der Waals surface area contributed by atoms with E-state index in [-0.39, 0.29) is 6.61 Å². The Labute approximate surface area is 125 Å². The average molecular weight is 287 g/mol. The Morgan fingerprint density at radius 1 is 0.900 bits per heavy atom. The van der Waals surface area contributed by atoms with E-state index in [2.05, 4.69) is 49.3 Å². The van der Waals surface area contributed by atoms with Crippen LogP contribution in [-0.2, 0) is 13.0 Å². The zero-order chi connectivity index (χ0) is 14.4. The van der Waals surface area contributed by atoms with Gasteiger partial charge in [-0.05, 0) is 43.8 Å². The average Bonchev–Trinajstić information content (AvgIpc) is 2.47. The van der Waals surface area contributed by atoms with Crippen LogP contribution in [0, 0.1) is 0 Å². The first-order valence-corrected chi connectivity index (χ1v) is 7.61. The van der Waals surface area contributed by atoms with Gasteiger partial charge < -0.3 is 10.0 Å². The Balaban J connectivity index is 2.20. The Kier molecular flexibility index (Phi) is 5.65. The van der Waals surface area contributed by atoms with Gasteiger partial charge in [-0.3, -0.25) is 0 Å². The Hall–Kier alpha value is -1.29. The maximum Gasteiger partial charge on any atom is 0.0692 e. The number of nitrogens with zero attached hydrogens (tertiary/aromatic N) is 1. The van der Waals surface area contributed by atoms with Crippen molar-refractivity contribution in [2.24, 2.45) is 0 Å². The molecule has 0 amide bonds. The van der Waals surface area contributed by atoms with Gasteiger partial charge in [-0.15, -0.1) is 0 Å². The maximum absolute atomic E-state index is 9.42. The van der Waals surface area contributed by atoms with Crippen LogP contribution in [0.3, 0.4) is 0 Å². The topological polar surface area (TPSA) is 23.5 Å². The third-order valence-electron chi connectivity index (χ3n) is 3.16. The number of hydrogen-bond donors (Lipinski definition) is 1. The number of rotatable bonds is 6. The van der Waals surface area contributed by atoms with Crippen LogP contribution in [0.15, 0.2) is 58.3 Å². The molecule has 0 aromatic heterocycles. The number of hydrogen-bond acceptors (Lipinski definition) is 3. The van der Waals surface area contributed by atoms with Crippen molar-refractivity contribution in [3.8, 4) is 0 Å². The lowest BCUT2D eigenvalue weighted by Gasteiger charge is -2.13. The van der Waals surface area contributed by atoms with Crippen molar-refractivity contribution in [2.45, 2.75) is 22.8 Å². The van der Waals surface area contributed by atoms with Gasteiger partial charge in [-0.2, -0.15) is 0 Å². The van der Waals surface area contributed by atoms with E-state index in [1.165, 1.54) is 10.5 Å². The highest BCUT2D eigenvalue weighted by Crippen LogP contribution is 2.33. The van der Waals surface area contributed by atoms with E-state index in [1.807, 2.05) is 18.2 Å². The molecule has 0 bridgehead atoms. The summed E-state index contributed by atoms with van der Waals surface area (Å²) in [7, 11) is 4.19. The van der Waals surface area contributed by atoms with E-state index in [0.29, 0.717) is 0 Å². The molecular weight excluding hydrogens is 266 g/mol. The first kappa shape index (κ1) is 15.1. The van der Waals surface area contributed by atoms with Gasteiger partial charge in [0.25, 0.3) is 0 Å². The van der Waals surface area contributed by atoms with Crippen LogP contribution in [0.4, 0.5) is 0 Å². The molecule has 2 aromatic rings. The molecule has 2 rings (SSSR count). The van der Waals surface area contributed by atoms with E-state index in [1.54, 1.807) is 11.8 Å². The van der Waals surface area contributed by atoms with E-state index in [4.69, 9.17) is 0 Å². The minimum Gasteiger partial charge on any atom is -0.392 e. The van der Waals surface area contributed by atoms with E-state index in [0.717, 1.165) is 23.4 Å². The maximum atomic E-state index is 9.42. The lowest BCUT2D eigenvalue weighted by Crippen LogP contribution is -2.15. The van der Waals surface area contributed by atoms with E-state index < -0.39 is 0 Å². The van der Waals surface area contributed by atoms with Crippen molar-refractivity contribution in [1.29, 1.82) is 0 Å². The lowest BCUT2D eigenvalue weighted by molar-refractivity contribution is 0.279. The highest BCUT2D eigenvalue weighted by Gasteiger charge is 2.07. The van der Waals surface area contributed by atoms with Gasteiger partial charge in [-0.25, -0.2) is 0 Å². The Bertz CT molecular complexity index is 554. The summed E-state index contributed by atoms with van der Waals surface area (Å²) < 4.78 is 0. The van der Waals surface area contributed by atoms with Crippen LogP contribution in [0.5, 0.6) is 0 Å². The predicted molar refractivity (Wildman–Crippen MR) is 85.2 cm³/mol. The predicted octanol–water partition coefficient (Wildman–Crippen LogP) is 3.43. The molecule has 2 nitrogen and oxygen atoms in total. The van der Waals surface area contributed by atoms with E-state index in [9.17, 15) is 5.11 Å². The second-order valence-electron chi connectivity index (χ2n) is 5.03. The summed E-state index contributed by atoms with van der Waals surface area (Å²) in [5, 5.41) is 9.42. The van der Waals surface area contributed by atoms with Crippen molar-refractivity contribution < 1.29 is 5.11 Å². The summed E-state index contributed by atoms with van der Waals surface area (Å²) >= 11 is 1.74. The monoisotopic (exact) mass is 287 g/mol. The summed E-state index contributed by atoms with van der Waals surface area (Å²) in [5.74, 6) is 0.